The summed E-state index contributed by atoms with van der Waals surface area (Å²) in [6.45, 7) is 0. The van der Waals surface area contributed by atoms with Crippen molar-refractivity contribution in [3.8, 4) is 0 Å². The standard InChI is InChI=1S/C22H20O8S5/c23-33(24)17-10-6-12-19(34(25,26)27)21(17)31-22-18(33)11-7-13-20(22)35(28,29)30-32(14-4-5-15-32)16-8-2-1-3-9-16/h1-3,6-13H,4-5,14-15H2,(H,25,26,27). The maximum atomic E-state index is 13.7. The number of rotatable bonds is 5. The third-order valence-electron chi connectivity index (χ3n) is 5.81. The zero-order valence-electron chi connectivity index (χ0n) is 18.0. The number of benzene rings is 3. The first-order chi connectivity index (χ1) is 16.5. The van der Waals surface area contributed by atoms with Crippen LogP contribution >= 0.6 is 22.1 Å². The molecule has 5 rings (SSSR count). The first-order valence-corrected chi connectivity index (χ1v) is 17.5. The van der Waals surface area contributed by atoms with Crippen LogP contribution in [0, 0.1) is 0 Å². The Balaban J connectivity index is 1.67. The van der Waals surface area contributed by atoms with Crippen LogP contribution in [0.2, 0.25) is 0 Å². The molecule has 0 bridgehead atoms. The predicted molar refractivity (Wildman–Crippen MR) is 132 cm³/mol. The Morgan fingerprint density at radius 3 is 1.86 bits per heavy atom. The van der Waals surface area contributed by atoms with E-state index in [-0.39, 0.29) is 24.5 Å². The molecular formula is C22H20O8S5. The monoisotopic (exact) mass is 572 g/mol. The normalized spacial score (nSPS) is 19.5. The van der Waals surface area contributed by atoms with Crippen LogP contribution in [0.3, 0.4) is 0 Å². The van der Waals surface area contributed by atoms with Crippen LogP contribution in [-0.2, 0) is 33.7 Å². The third kappa shape index (κ3) is 4.22. The molecule has 0 spiro atoms. The summed E-state index contributed by atoms with van der Waals surface area (Å²) in [5, 5.41) is 0. The highest BCUT2D eigenvalue weighted by Gasteiger charge is 2.41. The smallest absolute Gasteiger partial charge is 0.282 e. The summed E-state index contributed by atoms with van der Waals surface area (Å²) in [4.78, 5) is -1.15. The van der Waals surface area contributed by atoms with Gasteiger partial charge in [0.2, 0.25) is 9.84 Å². The van der Waals surface area contributed by atoms with Gasteiger partial charge >= 0.3 is 10.1 Å². The molecule has 1 saturated heterocycles. The van der Waals surface area contributed by atoms with Gasteiger partial charge in [-0.25, -0.2) is 12.0 Å². The van der Waals surface area contributed by atoms with Gasteiger partial charge in [0.25, 0.3) is 10.1 Å². The summed E-state index contributed by atoms with van der Waals surface area (Å²) in [5.41, 5.74) is 0. The molecule has 35 heavy (non-hydrogen) atoms. The molecule has 2 aliphatic rings. The van der Waals surface area contributed by atoms with E-state index in [0.29, 0.717) is 23.3 Å². The summed E-state index contributed by atoms with van der Waals surface area (Å²) in [6, 6.07) is 16.5. The van der Waals surface area contributed by atoms with E-state index < -0.39 is 45.3 Å². The number of hydrogen-bond acceptors (Lipinski definition) is 8. The van der Waals surface area contributed by atoms with Crippen molar-refractivity contribution in [2.75, 3.05) is 11.5 Å². The second kappa shape index (κ2) is 8.61. The van der Waals surface area contributed by atoms with Crippen LogP contribution in [-0.4, -0.2) is 41.3 Å². The molecule has 0 amide bonds. The van der Waals surface area contributed by atoms with Crippen molar-refractivity contribution >= 4 is 52.1 Å². The van der Waals surface area contributed by atoms with Crippen LogP contribution in [0.4, 0.5) is 0 Å². The minimum atomic E-state index is -4.77. The lowest BCUT2D eigenvalue weighted by atomic mass is 10.3. The van der Waals surface area contributed by atoms with Gasteiger partial charge in [-0.05, 0) is 49.2 Å². The number of hydrogen-bond donors (Lipinski definition) is 1. The predicted octanol–water partition coefficient (Wildman–Crippen LogP) is 4.51. The van der Waals surface area contributed by atoms with Crippen molar-refractivity contribution in [2.45, 2.75) is 47.1 Å². The van der Waals surface area contributed by atoms with E-state index in [1.54, 1.807) is 0 Å². The summed E-state index contributed by atoms with van der Waals surface area (Å²) in [6.07, 6.45) is 1.61. The number of sulfone groups is 1. The SMILES string of the molecule is O=S(=O)(O)c1cccc2c1Sc1c(S(=O)(=O)OS3(c4ccccc4)CCCC3)cccc1S2(=O)=O. The molecule has 8 nitrogen and oxygen atoms in total. The molecular weight excluding hydrogens is 553 g/mol. The molecule has 0 radical (unpaired) electrons. The fourth-order valence-corrected chi connectivity index (χ4v) is 14.8. The molecule has 186 valence electrons. The van der Waals surface area contributed by atoms with Crippen LogP contribution < -0.4 is 0 Å². The first-order valence-electron chi connectivity index (χ1n) is 10.4. The van der Waals surface area contributed by atoms with Crippen LogP contribution in [0.5, 0.6) is 0 Å². The van der Waals surface area contributed by atoms with Gasteiger partial charge in [-0.15, -0.1) is 0 Å². The van der Waals surface area contributed by atoms with Crippen LogP contribution in [0.25, 0.3) is 0 Å². The quantitative estimate of drug-likeness (QED) is 0.343. The molecule has 3 aromatic rings. The van der Waals surface area contributed by atoms with E-state index in [1.165, 1.54) is 30.3 Å². The van der Waals surface area contributed by atoms with Gasteiger partial charge in [-0.2, -0.15) is 16.8 Å². The highest BCUT2D eigenvalue weighted by Crippen LogP contribution is 2.63. The third-order valence-corrected chi connectivity index (χ3v) is 16.0. The van der Waals surface area contributed by atoms with Crippen molar-refractivity contribution in [3.63, 3.8) is 0 Å². The summed E-state index contributed by atoms with van der Waals surface area (Å²) in [7, 11) is -15.7. The van der Waals surface area contributed by atoms with Gasteiger partial charge in [0.05, 0.1) is 19.6 Å². The Labute approximate surface area is 210 Å². The molecule has 1 fully saturated rings. The second-order valence-corrected chi connectivity index (χ2v) is 17.1. The van der Waals surface area contributed by atoms with Crippen LogP contribution in [0.15, 0.2) is 101 Å². The maximum Gasteiger partial charge on any atom is 0.307 e. The Hall–Kier alpha value is -1.87. The Kier molecular flexibility index (Phi) is 6.10. The van der Waals surface area contributed by atoms with Gasteiger partial charge in [0.1, 0.15) is 9.79 Å². The lowest BCUT2D eigenvalue weighted by molar-refractivity contribution is 0.480. The second-order valence-electron chi connectivity index (χ2n) is 8.01. The average Bonchev–Trinajstić information content (AvgIpc) is 3.27. The zero-order valence-corrected chi connectivity index (χ0v) is 22.1. The molecule has 0 unspecified atom stereocenters. The van der Waals surface area contributed by atoms with Gasteiger partial charge < -0.3 is 0 Å². The molecule has 2 aliphatic heterocycles. The molecule has 0 saturated carbocycles. The fourth-order valence-electron chi connectivity index (χ4n) is 4.23. The lowest BCUT2D eigenvalue weighted by Gasteiger charge is -2.34. The molecule has 13 heteroatoms. The maximum absolute atomic E-state index is 13.7. The van der Waals surface area contributed by atoms with Gasteiger partial charge in [0.15, 0.2) is 0 Å². The lowest BCUT2D eigenvalue weighted by Crippen LogP contribution is -2.18. The Bertz CT molecular complexity index is 1640. The fraction of sp³-hybridized carbons (Fsp3) is 0.182. The van der Waals surface area contributed by atoms with E-state index in [0.717, 1.165) is 23.8 Å². The molecule has 0 aromatic heterocycles. The molecule has 0 atom stereocenters. The average molecular weight is 573 g/mol. The summed E-state index contributed by atoms with van der Waals surface area (Å²) in [5.74, 6) is 1.12. The van der Waals surface area contributed by atoms with Gasteiger partial charge in [-0.3, -0.25) is 4.55 Å². The van der Waals surface area contributed by atoms with E-state index in [2.05, 4.69) is 0 Å². The summed E-state index contributed by atoms with van der Waals surface area (Å²) >= 11 is 0.676. The number of fused-ring (bicyclic) bond motifs is 2. The minimum Gasteiger partial charge on any atom is -0.282 e. The van der Waals surface area contributed by atoms with E-state index in [9.17, 15) is 29.8 Å². The molecule has 1 N–H and O–H groups in total. The Morgan fingerprint density at radius 2 is 1.29 bits per heavy atom. The van der Waals surface area contributed by atoms with E-state index in [4.69, 9.17) is 3.63 Å². The van der Waals surface area contributed by atoms with Crippen molar-refractivity contribution in [1.29, 1.82) is 0 Å². The molecule has 2 heterocycles. The largest absolute Gasteiger partial charge is 0.307 e. The summed E-state index contributed by atoms with van der Waals surface area (Å²) < 4.78 is 93.6. The van der Waals surface area contributed by atoms with Crippen molar-refractivity contribution < 1.29 is 33.4 Å². The molecule has 0 aliphatic carbocycles. The van der Waals surface area contributed by atoms with Gasteiger partial charge in [-0.1, -0.05) is 52.4 Å². The highest BCUT2D eigenvalue weighted by atomic mass is 32.3. The molecule has 3 aromatic carbocycles. The Morgan fingerprint density at radius 1 is 0.743 bits per heavy atom. The van der Waals surface area contributed by atoms with Crippen molar-refractivity contribution in [2.24, 2.45) is 0 Å². The van der Waals surface area contributed by atoms with E-state index in [1.807, 2.05) is 30.3 Å². The highest BCUT2D eigenvalue weighted by molar-refractivity contribution is 8.33. The zero-order chi connectivity index (χ0) is 25.1. The first kappa shape index (κ1) is 24.8. The van der Waals surface area contributed by atoms with E-state index >= 15 is 0 Å². The van der Waals surface area contributed by atoms with Gasteiger partial charge in [0, 0.05) is 16.4 Å². The van der Waals surface area contributed by atoms with Crippen molar-refractivity contribution in [1.82, 2.24) is 0 Å². The minimum absolute atomic E-state index is 0.156. The topological polar surface area (TPSA) is 132 Å². The van der Waals surface area contributed by atoms with Crippen molar-refractivity contribution in [3.05, 3.63) is 66.7 Å². The van der Waals surface area contributed by atoms with Crippen LogP contribution in [0.1, 0.15) is 12.8 Å².